The molecule has 0 spiro atoms. The van der Waals surface area contributed by atoms with Gasteiger partial charge in [-0.3, -0.25) is 4.68 Å². The van der Waals surface area contributed by atoms with Crippen molar-refractivity contribution in [3.8, 4) is 0 Å². The smallest absolute Gasteiger partial charge is 0.339 e. The van der Waals surface area contributed by atoms with E-state index in [9.17, 15) is 9.90 Å². The molecule has 0 aliphatic carbocycles. The minimum Gasteiger partial charge on any atom is -0.478 e. The monoisotopic (exact) mass is 237 g/mol. The molecule has 2 rings (SSSR count). The summed E-state index contributed by atoms with van der Waals surface area (Å²) in [5, 5.41) is 13.6. The number of hydrogen-bond donors (Lipinski definition) is 1. The molecule has 1 saturated heterocycles. The van der Waals surface area contributed by atoms with Gasteiger partial charge in [0.1, 0.15) is 5.56 Å². The Kier molecular flexibility index (Phi) is 3.47. The molecule has 5 nitrogen and oxygen atoms in total. The average Bonchev–Trinajstić information content (AvgIpc) is 2.74. The van der Waals surface area contributed by atoms with Gasteiger partial charge in [-0.15, -0.1) is 0 Å². The van der Waals surface area contributed by atoms with Crippen LogP contribution in [0.15, 0.2) is 6.20 Å². The first-order chi connectivity index (χ1) is 8.11. The zero-order valence-corrected chi connectivity index (χ0v) is 10.4. The maximum Gasteiger partial charge on any atom is 0.339 e. The van der Waals surface area contributed by atoms with Gasteiger partial charge in [-0.25, -0.2) is 4.79 Å². The number of aryl methyl sites for hydroxylation is 1. The Balaban J connectivity index is 2.24. The summed E-state index contributed by atoms with van der Waals surface area (Å²) < 4.78 is 1.72. The highest BCUT2D eigenvalue weighted by Gasteiger charge is 2.26. The fourth-order valence-electron chi connectivity index (χ4n) is 2.35. The Morgan fingerprint density at radius 1 is 1.53 bits per heavy atom. The highest BCUT2D eigenvalue weighted by atomic mass is 16.4. The average molecular weight is 237 g/mol. The molecule has 17 heavy (non-hydrogen) atoms. The first-order valence-corrected chi connectivity index (χ1v) is 6.11. The van der Waals surface area contributed by atoms with Crippen molar-refractivity contribution in [3.63, 3.8) is 0 Å². The second-order valence-electron chi connectivity index (χ2n) is 4.67. The van der Waals surface area contributed by atoms with Crippen LogP contribution in [0.2, 0.25) is 0 Å². The van der Waals surface area contributed by atoms with Crippen LogP contribution in [0.4, 0.5) is 0 Å². The molecule has 0 saturated carbocycles. The molecule has 0 bridgehead atoms. The van der Waals surface area contributed by atoms with Gasteiger partial charge < -0.3 is 10.0 Å². The maximum absolute atomic E-state index is 11.2. The van der Waals surface area contributed by atoms with Crippen molar-refractivity contribution >= 4 is 5.97 Å². The number of carbonyl (C=O) groups is 1. The summed E-state index contributed by atoms with van der Waals surface area (Å²) in [5.74, 6) is -0.566. The molecule has 0 aromatic carbocycles. The zero-order valence-electron chi connectivity index (χ0n) is 10.4. The zero-order chi connectivity index (χ0) is 12.4. The normalized spacial score (nSPS) is 18.5. The minimum absolute atomic E-state index is 0.296. The van der Waals surface area contributed by atoms with Crippen LogP contribution in [0, 0.1) is 0 Å². The van der Waals surface area contributed by atoms with E-state index in [2.05, 4.69) is 17.0 Å². The number of aromatic nitrogens is 2. The number of likely N-dealkylation sites (tertiary alicyclic amines) is 1. The highest BCUT2D eigenvalue weighted by molar-refractivity contribution is 5.88. The standard InChI is InChI=1S/C12H19N3O2/c1-3-15-8-10(12(16)17)11(13-15)9-4-6-14(2)7-5-9/h8-9H,3-7H2,1-2H3,(H,16,17). The van der Waals surface area contributed by atoms with Gasteiger partial charge in [0.15, 0.2) is 0 Å². The van der Waals surface area contributed by atoms with E-state index < -0.39 is 5.97 Å². The third-order valence-electron chi connectivity index (χ3n) is 3.45. The van der Waals surface area contributed by atoms with Crippen molar-refractivity contribution < 1.29 is 9.90 Å². The number of carboxylic acid groups (broad SMARTS) is 1. The summed E-state index contributed by atoms with van der Waals surface area (Å²) in [4.78, 5) is 13.5. The molecule has 0 atom stereocenters. The molecule has 1 aromatic heterocycles. The van der Waals surface area contributed by atoms with Crippen LogP contribution >= 0.6 is 0 Å². The van der Waals surface area contributed by atoms with Crippen molar-refractivity contribution in [2.24, 2.45) is 0 Å². The van der Waals surface area contributed by atoms with Crippen LogP contribution in [0.1, 0.15) is 41.7 Å². The molecule has 1 fully saturated rings. The van der Waals surface area contributed by atoms with Crippen molar-refractivity contribution in [2.75, 3.05) is 20.1 Å². The summed E-state index contributed by atoms with van der Waals surface area (Å²) in [5.41, 5.74) is 1.15. The van der Waals surface area contributed by atoms with Crippen LogP contribution in [0.3, 0.4) is 0 Å². The molecule has 1 aliphatic heterocycles. The molecular weight excluding hydrogens is 218 g/mol. The lowest BCUT2D eigenvalue weighted by Gasteiger charge is -2.28. The maximum atomic E-state index is 11.2. The Morgan fingerprint density at radius 2 is 2.18 bits per heavy atom. The van der Waals surface area contributed by atoms with Crippen molar-refractivity contribution in [1.29, 1.82) is 0 Å². The second kappa shape index (κ2) is 4.87. The van der Waals surface area contributed by atoms with Crippen molar-refractivity contribution in [2.45, 2.75) is 32.2 Å². The van der Waals surface area contributed by atoms with Crippen LogP contribution in [-0.2, 0) is 6.54 Å². The van der Waals surface area contributed by atoms with E-state index in [0.717, 1.165) is 31.6 Å². The molecule has 2 heterocycles. The second-order valence-corrected chi connectivity index (χ2v) is 4.67. The van der Waals surface area contributed by atoms with Gasteiger partial charge in [0, 0.05) is 18.7 Å². The number of carboxylic acids is 1. The van der Waals surface area contributed by atoms with E-state index in [1.54, 1.807) is 10.9 Å². The van der Waals surface area contributed by atoms with Gasteiger partial charge in [0.05, 0.1) is 5.69 Å². The fourth-order valence-corrected chi connectivity index (χ4v) is 2.35. The van der Waals surface area contributed by atoms with E-state index >= 15 is 0 Å². The first-order valence-electron chi connectivity index (χ1n) is 6.11. The van der Waals surface area contributed by atoms with Gasteiger partial charge in [-0.1, -0.05) is 0 Å². The molecule has 1 aliphatic rings. The topological polar surface area (TPSA) is 58.4 Å². The summed E-state index contributed by atoms with van der Waals surface area (Å²) >= 11 is 0. The summed E-state index contributed by atoms with van der Waals surface area (Å²) in [7, 11) is 2.10. The quantitative estimate of drug-likeness (QED) is 0.863. The third kappa shape index (κ3) is 2.49. The largest absolute Gasteiger partial charge is 0.478 e. The van der Waals surface area contributed by atoms with Crippen molar-refractivity contribution in [3.05, 3.63) is 17.5 Å². The number of piperidine rings is 1. The minimum atomic E-state index is -0.862. The Hall–Kier alpha value is -1.36. The molecule has 5 heteroatoms. The van der Waals surface area contributed by atoms with Gasteiger partial charge >= 0.3 is 5.97 Å². The Bertz CT molecular complexity index is 406. The molecule has 1 N–H and O–H groups in total. The van der Waals surface area contributed by atoms with Crippen LogP contribution in [0.25, 0.3) is 0 Å². The lowest BCUT2D eigenvalue weighted by molar-refractivity contribution is 0.0694. The molecular formula is C12H19N3O2. The number of rotatable bonds is 3. The summed E-state index contributed by atoms with van der Waals surface area (Å²) in [6.07, 6.45) is 3.64. The van der Waals surface area contributed by atoms with Gasteiger partial charge in [0.25, 0.3) is 0 Å². The van der Waals surface area contributed by atoms with Gasteiger partial charge in [-0.2, -0.15) is 5.10 Å². The number of aromatic carboxylic acids is 1. The predicted molar refractivity (Wildman–Crippen MR) is 64.3 cm³/mol. The molecule has 0 unspecified atom stereocenters. The first kappa shape index (κ1) is 12.1. The molecule has 0 amide bonds. The van der Waals surface area contributed by atoms with E-state index in [4.69, 9.17) is 0 Å². The van der Waals surface area contributed by atoms with Gasteiger partial charge in [-0.05, 0) is 39.9 Å². The summed E-state index contributed by atoms with van der Waals surface area (Å²) in [6, 6.07) is 0. The highest BCUT2D eigenvalue weighted by Crippen LogP contribution is 2.28. The molecule has 94 valence electrons. The predicted octanol–water partition coefficient (Wildman–Crippen LogP) is 1.41. The number of hydrogen-bond acceptors (Lipinski definition) is 3. The van der Waals surface area contributed by atoms with Crippen LogP contribution in [0.5, 0.6) is 0 Å². The summed E-state index contributed by atoms with van der Waals surface area (Å²) in [6.45, 7) is 4.72. The SMILES string of the molecule is CCn1cc(C(=O)O)c(C2CCN(C)CC2)n1. The van der Waals surface area contributed by atoms with Gasteiger partial charge in [0.2, 0.25) is 0 Å². The Morgan fingerprint density at radius 3 is 2.71 bits per heavy atom. The van der Waals surface area contributed by atoms with E-state index in [1.807, 2.05) is 6.92 Å². The molecule has 1 aromatic rings. The Labute approximate surface area is 101 Å². The third-order valence-corrected chi connectivity index (χ3v) is 3.45. The van der Waals surface area contributed by atoms with E-state index in [1.165, 1.54) is 0 Å². The van der Waals surface area contributed by atoms with Crippen LogP contribution < -0.4 is 0 Å². The van der Waals surface area contributed by atoms with Crippen molar-refractivity contribution in [1.82, 2.24) is 14.7 Å². The molecule has 0 radical (unpaired) electrons. The lowest BCUT2D eigenvalue weighted by atomic mass is 9.92. The van der Waals surface area contributed by atoms with E-state index in [0.29, 0.717) is 18.0 Å². The number of nitrogens with zero attached hydrogens (tertiary/aromatic N) is 3. The fraction of sp³-hybridized carbons (Fsp3) is 0.667. The van der Waals surface area contributed by atoms with E-state index in [-0.39, 0.29) is 0 Å². The van der Waals surface area contributed by atoms with Crippen LogP contribution in [-0.4, -0.2) is 45.9 Å². The lowest BCUT2D eigenvalue weighted by Crippen LogP contribution is -2.30.